The maximum atomic E-state index is 12.6. The van der Waals surface area contributed by atoms with Gasteiger partial charge in [-0.25, -0.2) is 13.1 Å². The number of amides is 1. The van der Waals surface area contributed by atoms with Crippen LogP contribution >= 0.6 is 11.3 Å². The van der Waals surface area contributed by atoms with E-state index in [0.717, 1.165) is 19.3 Å². The molecule has 0 bridgehead atoms. The van der Waals surface area contributed by atoms with Gasteiger partial charge in [0.2, 0.25) is 10.0 Å². The number of fused-ring (bicyclic) bond motifs is 1. The highest BCUT2D eigenvalue weighted by Crippen LogP contribution is 2.32. The van der Waals surface area contributed by atoms with Crippen molar-refractivity contribution < 1.29 is 13.2 Å². The second-order valence-corrected chi connectivity index (χ2v) is 9.48. The first-order valence-electron chi connectivity index (χ1n) is 8.62. The zero-order chi connectivity index (χ0) is 18.7. The fourth-order valence-corrected chi connectivity index (χ4v) is 5.22. The van der Waals surface area contributed by atoms with E-state index in [2.05, 4.69) is 17.0 Å². The molecule has 3 rings (SSSR count). The molecule has 0 fully saturated rings. The molecule has 1 aromatic heterocycles. The van der Waals surface area contributed by atoms with Gasteiger partial charge in [-0.3, -0.25) is 4.79 Å². The molecule has 2 aromatic rings. The molecule has 140 valence electrons. The summed E-state index contributed by atoms with van der Waals surface area (Å²) in [6, 6.07) is 8.18. The van der Waals surface area contributed by atoms with E-state index in [9.17, 15) is 13.2 Å². The summed E-state index contributed by atoms with van der Waals surface area (Å²) in [7, 11) is -3.63. The van der Waals surface area contributed by atoms with E-state index in [1.807, 2.05) is 6.07 Å². The summed E-state index contributed by atoms with van der Waals surface area (Å²) in [6.45, 7) is 2.61. The van der Waals surface area contributed by atoms with Crippen LogP contribution in [-0.2, 0) is 22.9 Å². The summed E-state index contributed by atoms with van der Waals surface area (Å²) in [5.41, 5.74) is 7.06. The minimum Gasteiger partial charge on any atom is -0.329 e. The van der Waals surface area contributed by atoms with E-state index in [1.165, 1.54) is 33.9 Å². The molecule has 1 aromatic carbocycles. The molecule has 26 heavy (non-hydrogen) atoms. The molecule has 4 N–H and O–H groups in total. The topological polar surface area (TPSA) is 101 Å². The number of anilines is 1. The van der Waals surface area contributed by atoms with Crippen molar-refractivity contribution in [3.8, 4) is 0 Å². The van der Waals surface area contributed by atoms with E-state index in [-0.39, 0.29) is 23.9 Å². The third-order valence-corrected chi connectivity index (χ3v) is 7.09. The Morgan fingerprint density at radius 3 is 2.92 bits per heavy atom. The van der Waals surface area contributed by atoms with Crippen LogP contribution in [-0.4, -0.2) is 27.4 Å². The van der Waals surface area contributed by atoms with Gasteiger partial charge >= 0.3 is 0 Å². The predicted octanol–water partition coefficient (Wildman–Crippen LogP) is 2.36. The zero-order valence-corrected chi connectivity index (χ0v) is 16.3. The molecule has 0 aliphatic heterocycles. The van der Waals surface area contributed by atoms with Crippen LogP contribution in [0.15, 0.2) is 35.2 Å². The van der Waals surface area contributed by atoms with E-state index < -0.39 is 10.0 Å². The van der Waals surface area contributed by atoms with Crippen molar-refractivity contribution >= 4 is 33.0 Å². The number of rotatable bonds is 6. The standard InChI is InChI=1S/C18H23N3O3S2/c1-12-5-6-16-13(9-12)10-17(25-16)18(22)21-14-3-2-4-15(11-14)26(23,24)20-8-7-19/h2-4,10-12,20H,5-9,19H2,1H3,(H,21,22). The van der Waals surface area contributed by atoms with Crippen molar-refractivity contribution in [1.82, 2.24) is 4.72 Å². The van der Waals surface area contributed by atoms with Crippen LogP contribution < -0.4 is 15.8 Å². The molecule has 0 radical (unpaired) electrons. The van der Waals surface area contributed by atoms with Crippen molar-refractivity contribution in [2.24, 2.45) is 11.7 Å². The molecule has 0 spiro atoms. The molecule has 1 atom stereocenters. The summed E-state index contributed by atoms with van der Waals surface area (Å²) in [5, 5.41) is 2.80. The third kappa shape index (κ3) is 4.32. The Morgan fingerprint density at radius 2 is 2.15 bits per heavy atom. The van der Waals surface area contributed by atoms with Gasteiger partial charge in [-0.2, -0.15) is 0 Å². The van der Waals surface area contributed by atoms with Gasteiger partial charge in [0.25, 0.3) is 5.91 Å². The first-order chi connectivity index (χ1) is 12.4. The smallest absolute Gasteiger partial charge is 0.265 e. The fourth-order valence-electron chi connectivity index (χ4n) is 3.03. The zero-order valence-electron chi connectivity index (χ0n) is 14.6. The Balaban J connectivity index is 1.75. The largest absolute Gasteiger partial charge is 0.329 e. The fraction of sp³-hybridized carbons (Fsp3) is 0.389. The van der Waals surface area contributed by atoms with E-state index in [4.69, 9.17) is 5.73 Å². The van der Waals surface area contributed by atoms with E-state index in [1.54, 1.807) is 12.1 Å². The van der Waals surface area contributed by atoms with Crippen LogP contribution in [0.25, 0.3) is 0 Å². The second-order valence-electron chi connectivity index (χ2n) is 6.58. The molecule has 8 heteroatoms. The second kappa shape index (κ2) is 7.87. The number of thiophene rings is 1. The van der Waals surface area contributed by atoms with Crippen LogP contribution in [0.1, 0.15) is 33.5 Å². The Kier molecular flexibility index (Phi) is 5.76. The Bertz CT molecular complexity index is 906. The van der Waals surface area contributed by atoms with Crippen molar-refractivity contribution in [3.05, 3.63) is 45.6 Å². The first-order valence-corrected chi connectivity index (χ1v) is 10.9. The molecule has 1 unspecified atom stereocenters. The highest BCUT2D eigenvalue weighted by molar-refractivity contribution is 7.89. The number of hydrogen-bond donors (Lipinski definition) is 3. The maximum absolute atomic E-state index is 12.6. The number of carbonyl (C=O) groups is 1. The number of nitrogens with one attached hydrogen (secondary N) is 2. The highest BCUT2D eigenvalue weighted by atomic mass is 32.2. The number of hydrogen-bond acceptors (Lipinski definition) is 5. The number of aryl methyl sites for hydroxylation is 1. The van der Waals surface area contributed by atoms with Crippen LogP contribution in [0.2, 0.25) is 0 Å². The summed E-state index contributed by atoms with van der Waals surface area (Å²) >= 11 is 1.53. The van der Waals surface area contributed by atoms with Gasteiger partial charge < -0.3 is 11.1 Å². The molecule has 0 saturated heterocycles. The van der Waals surface area contributed by atoms with Crippen LogP contribution in [0, 0.1) is 5.92 Å². The summed E-state index contributed by atoms with van der Waals surface area (Å²) in [4.78, 5) is 14.6. The molecule has 1 aliphatic rings. The van der Waals surface area contributed by atoms with Crippen LogP contribution in [0.4, 0.5) is 5.69 Å². The Morgan fingerprint density at radius 1 is 1.35 bits per heavy atom. The SMILES string of the molecule is CC1CCc2sc(C(=O)Nc3cccc(S(=O)(=O)NCCN)c3)cc2C1. The van der Waals surface area contributed by atoms with E-state index >= 15 is 0 Å². The van der Waals surface area contributed by atoms with Crippen molar-refractivity contribution in [2.75, 3.05) is 18.4 Å². The van der Waals surface area contributed by atoms with Gasteiger partial charge in [0.15, 0.2) is 0 Å². The van der Waals surface area contributed by atoms with Gasteiger partial charge in [0, 0.05) is 23.7 Å². The van der Waals surface area contributed by atoms with Gasteiger partial charge in [-0.1, -0.05) is 13.0 Å². The molecule has 1 aliphatic carbocycles. The molecule has 1 heterocycles. The van der Waals surface area contributed by atoms with Crippen LogP contribution in [0.5, 0.6) is 0 Å². The van der Waals surface area contributed by atoms with Crippen molar-refractivity contribution in [1.29, 1.82) is 0 Å². The lowest BCUT2D eigenvalue weighted by Gasteiger charge is -2.16. The van der Waals surface area contributed by atoms with Gasteiger partial charge in [0.1, 0.15) is 0 Å². The predicted molar refractivity (Wildman–Crippen MR) is 104 cm³/mol. The molecular formula is C18H23N3O3S2. The van der Waals surface area contributed by atoms with E-state index in [0.29, 0.717) is 16.5 Å². The highest BCUT2D eigenvalue weighted by Gasteiger charge is 2.21. The van der Waals surface area contributed by atoms with Crippen molar-refractivity contribution in [3.63, 3.8) is 0 Å². The average Bonchev–Trinajstić information content (AvgIpc) is 3.03. The average molecular weight is 394 g/mol. The van der Waals surface area contributed by atoms with Gasteiger partial charge in [-0.15, -0.1) is 11.3 Å². The molecule has 1 amide bonds. The van der Waals surface area contributed by atoms with Crippen LogP contribution in [0.3, 0.4) is 0 Å². The molecule has 6 nitrogen and oxygen atoms in total. The lowest BCUT2D eigenvalue weighted by molar-refractivity contribution is 0.103. The Hall–Kier alpha value is -1.74. The number of benzene rings is 1. The lowest BCUT2D eigenvalue weighted by Crippen LogP contribution is -2.29. The minimum absolute atomic E-state index is 0.100. The minimum atomic E-state index is -3.63. The van der Waals surface area contributed by atoms with Gasteiger partial charge in [0.05, 0.1) is 9.77 Å². The maximum Gasteiger partial charge on any atom is 0.265 e. The first kappa shape index (κ1) is 19.0. The molecular weight excluding hydrogens is 370 g/mol. The monoisotopic (exact) mass is 393 g/mol. The summed E-state index contributed by atoms with van der Waals surface area (Å²) in [5.74, 6) is 0.442. The quantitative estimate of drug-likeness (QED) is 0.701. The molecule has 0 saturated carbocycles. The number of sulfonamides is 1. The van der Waals surface area contributed by atoms with Gasteiger partial charge in [-0.05, 0) is 55.0 Å². The number of nitrogens with two attached hydrogens (primary N) is 1. The summed E-state index contributed by atoms with van der Waals surface area (Å²) < 4.78 is 26.8. The third-order valence-electron chi connectivity index (χ3n) is 4.39. The summed E-state index contributed by atoms with van der Waals surface area (Å²) in [6.07, 6.45) is 3.19. The Labute approximate surface area is 157 Å². The normalized spacial score (nSPS) is 16.9. The number of carbonyl (C=O) groups excluding carboxylic acids is 1. The lowest BCUT2D eigenvalue weighted by atomic mass is 9.90. The van der Waals surface area contributed by atoms with Crippen molar-refractivity contribution in [2.45, 2.75) is 31.1 Å².